The summed E-state index contributed by atoms with van der Waals surface area (Å²) >= 11 is 0. The lowest BCUT2D eigenvalue weighted by molar-refractivity contribution is -0.313. The number of hydrogen-bond acceptors (Lipinski definition) is 13. The molecule has 14 N–H and O–H groups in total. The molecule has 0 radical (unpaired) electrons. The Morgan fingerprint density at radius 3 is 2.38 bits per heavy atom. The fourth-order valence-corrected chi connectivity index (χ4v) is 5.98. The molecule has 0 amide bonds. The summed E-state index contributed by atoms with van der Waals surface area (Å²) in [5, 5.41) is 55.2. The summed E-state index contributed by atoms with van der Waals surface area (Å²) in [6, 6.07) is -2.35. The first kappa shape index (κ1) is 33.3. The molecule has 2 heterocycles. The predicted octanol–water partition coefficient (Wildman–Crippen LogP) is -3.10. The smallest absolute Gasteiger partial charge is 0.184 e. The van der Waals surface area contributed by atoms with Crippen LogP contribution in [0.5, 0.6) is 0 Å². The van der Waals surface area contributed by atoms with Gasteiger partial charge in [-0.2, -0.15) is 0 Å². The van der Waals surface area contributed by atoms with Gasteiger partial charge in [0, 0.05) is 18.0 Å². The van der Waals surface area contributed by atoms with Gasteiger partial charge in [-0.15, -0.1) is 0 Å². The first-order chi connectivity index (χ1) is 19.6. The Morgan fingerprint density at radius 2 is 1.74 bits per heavy atom. The second kappa shape index (κ2) is 13.2. The molecule has 4 fully saturated rings. The van der Waals surface area contributed by atoms with Crippen molar-refractivity contribution in [2.75, 3.05) is 19.8 Å². The van der Waals surface area contributed by atoms with E-state index >= 15 is 0 Å². The summed E-state index contributed by atoms with van der Waals surface area (Å²) < 4.78 is 36.6. The number of rotatable bonds is 9. The molecular formula is C26H48FN7O8. The second-order valence-electron chi connectivity index (χ2n) is 12.6. The van der Waals surface area contributed by atoms with Crippen LogP contribution in [0, 0.1) is 11.3 Å². The van der Waals surface area contributed by atoms with Crippen molar-refractivity contribution in [2.24, 2.45) is 33.8 Å². The van der Waals surface area contributed by atoms with Crippen molar-refractivity contribution in [1.29, 1.82) is 5.41 Å². The van der Waals surface area contributed by atoms with Gasteiger partial charge in [0.25, 0.3) is 0 Å². The number of aliphatic imine (C=N–C) groups is 1. The van der Waals surface area contributed by atoms with Crippen molar-refractivity contribution in [1.82, 2.24) is 5.32 Å². The van der Waals surface area contributed by atoms with Crippen molar-refractivity contribution in [3.8, 4) is 0 Å². The minimum Gasteiger partial charge on any atom is -0.388 e. The molecule has 2 aliphatic carbocycles. The Kier molecular flexibility index (Phi) is 10.5. The zero-order valence-corrected chi connectivity index (χ0v) is 24.1. The van der Waals surface area contributed by atoms with Crippen molar-refractivity contribution >= 4 is 11.7 Å². The van der Waals surface area contributed by atoms with Crippen molar-refractivity contribution < 1.29 is 43.8 Å². The van der Waals surface area contributed by atoms with E-state index in [4.69, 9.17) is 47.3 Å². The quantitative estimate of drug-likeness (QED) is 0.0922. The van der Waals surface area contributed by atoms with Crippen LogP contribution in [-0.4, -0.2) is 130 Å². The Hall–Kier alpha value is -1.57. The van der Waals surface area contributed by atoms with E-state index in [0.29, 0.717) is 12.8 Å². The highest BCUT2D eigenvalue weighted by molar-refractivity contribution is 5.89. The number of alkyl halides is 1. The summed E-state index contributed by atoms with van der Waals surface area (Å²) in [6.45, 7) is 2.33. The maximum atomic E-state index is 12.7. The third-order valence-electron chi connectivity index (χ3n) is 9.04. The summed E-state index contributed by atoms with van der Waals surface area (Å²) in [7, 11) is 0. The number of amidine groups is 2. The van der Waals surface area contributed by atoms with Crippen molar-refractivity contribution in [3.05, 3.63) is 0 Å². The highest BCUT2D eigenvalue weighted by Gasteiger charge is 2.52. The maximum absolute atomic E-state index is 12.7. The Balaban J connectivity index is 1.50. The summed E-state index contributed by atoms with van der Waals surface area (Å²) in [5.74, 6) is -0.944. The second-order valence-corrected chi connectivity index (χ2v) is 12.6. The van der Waals surface area contributed by atoms with Crippen LogP contribution in [0.25, 0.3) is 0 Å². The van der Waals surface area contributed by atoms with E-state index in [9.17, 15) is 24.8 Å². The zero-order valence-electron chi connectivity index (χ0n) is 24.1. The molecule has 4 rings (SSSR count). The number of ether oxygens (including phenoxy) is 4. The monoisotopic (exact) mass is 605 g/mol. The molecule has 2 aliphatic heterocycles. The molecule has 2 saturated heterocycles. The normalized spacial score (nSPS) is 48.4. The Bertz CT molecular complexity index is 973. The first-order valence-corrected chi connectivity index (χ1v) is 14.5. The third kappa shape index (κ3) is 7.21. The Labute approximate surface area is 244 Å². The minimum atomic E-state index is -1.44. The van der Waals surface area contributed by atoms with E-state index in [2.05, 4.69) is 10.3 Å². The lowest BCUT2D eigenvalue weighted by Gasteiger charge is -2.50. The van der Waals surface area contributed by atoms with Crippen LogP contribution in [-0.2, 0) is 18.9 Å². The molecule has 6 unspecified atom stereocenters. The lowest BCUT2D eigenvalue weighted by Crippen LogP contribution is -2.69. The van der Waals surface area contributed by atoms with Gasteiger partial charge in [-0.3, -0.25) is 10.4 Å². The maximum Gasteiger partial charge on any atom is 0.184 e. The van der Waals surface area contributed by atoms with Crippen LogP contribution < -0.4 is 28.3 Å². The van der Waals surface area contributed by atoms with E-state index < -0.39 is 85.0 Å². The number of aliphatic hydroxyl groups excluding tert-OH is 2. The Morgan fingerprint density at radius 1 is 1.07 bits per heavy atom. The standard InChI is InChI=1S/C26H48FN7O8/c1-11-18(35)23(39-10-25(11,2)37)42-21-16(34-24(32)26(38)6-12(28)7-26)5-15(30)20(19(21)36)41-22-14(29)4-3-13(40-22)9-33-17(31)8-27/h11-16,18-23,35-38H,3-10,28-30H2,1-2H3,(H2,31,33)(H2,32,34)/t11-,12?,13+,14?,15+,16-,18?,19?,20?,21?,22-,23-,25?,26?/m1/s1. The lowest BCUT2D eigenvalue weighted by atomic mass is 9.74. The average molecular weight is 606 g/mol. The van der Waals surface area contributed by atoms with E-state index in [1.54, 1.807) is 13.8 Å². The van der Waals surface area contributed by atoms with Gasteiger partial charge in [0.05, 0.1) is 36.9 Å². The van der Waals surface area contributed by atoms with Gasteiger partial charge < -0.3 is 67.6 Å². The van der Waals surface area contributed by atoms with E-state index in [1.807, 2.05) is 0 Å². The van der Waals surface area contributed by atoms with Crippen LogP contribution in [0.3, 0.4) is 0 Å². The van der Waals surface area contributed by atoms with E-state index in [0.717, 1.165) is 0 Å². The molecule has 0 bridgehead atoms. The van der Waals surface area contributed by atoms with Gasteiger partial charge in [-0.05, 0) is 39.0 Å². The van der Waals surface area contributed by atoms with Crippen molar-refractivity contribution in [3.63, 3.8) is 0 Å². The third-order valence-corrected chi connectivity index (χ3v) is 9.04. The molecule has 242 valence electrons. The fourth-order valence-electron chi connectivity index (χ4n) is 5.98. The molecule has 2 saturated carbocycles. The SMILES string of the molecule is C[C@@H]1C(O)[C@@H](OC2C(O)C(O[C@H]3O[C@H](CN=C(N)CF)CCC3N)[C@@H](N)C[C@H]2NC(=N)C2(O)CC(N)C2)OCC1(C)O. The number of nitrogens with zero attached hydrogens (tertiary/aromatic N) is 1. The molecular weight excluding hydrogens is 557 g/mol. The molecule has 0 aromatic carbocycles. The topological polar surface area (TPSA) is 270 Å². The molecule has 0 aromatic rings. The summed E-state index contributed by atoms with van der Waals surface area (Å²) in [6.07, 6.45) is -5.85. The number of nitrogens with two attached hydrogens (primary N) is 4. The molecule has 4 aliphatic rings. The van der Waals surface area contributed by atoms with Gasteiger partial charge in [-0.1, -0.05) is 6.92 Å². The van der Waals surface area contributed by atoms with Crippen LogP contribution >= 0.6 is 0 Å². The number of nitrogens with one attached hydrogen (secondary N) is 2. The van der Waals surface area contributed by atoms with Crippen LogP contribution in [0.4, 0.5) is 4.39 Å². The first-order valence-electron chi connectivity index (χ1n) is 14.5. The minimum absolute atomic E-state index is 0.118. The molecule has 0 aromatic heterocycles. The van der Waals surface area contributed by atoms with Gasteiger partial charge >= 0.3 is 0 Å². The van der Waals surface area contributed by atoms with Gasteiger partial charge in [0.2, 0.25) is 0 Å². The van der Waals surface area contributed by atoms with E-state index in [1.165, 1.54) is 0 Å². The average Bonchev–Trinajstić information content (AvgIpc) is 2.92. The van der Waals surface area contributed by atoms with Crippen LogP contribution in [0.15, 0.2) is 4.99 Å². The molecule has 12 atom stereocenters. The predicted molar refractivity (Wildman–Crippen MR) is 149 cm³/mol. The van der Waals surface area contributed by atoms with Crippen LogP contribution in [0.1, 0.15) is 46.0 Å². The summed E-state index contributed by atoms with van der Waals surface area (Å²) in [5.41, 5.74) is 21.3. The zero-order chi connectivity index (χ0) is 31.0. The van der Waals surface area contributed by atoms with Gasteiger partial charge in [0.1, 0.15) is 48.4 Å². The van der Waals surface area contributed by atoms with Gasteiger partial charge in [-0.25, -0.2) is 4.39 Å². The van der Waals surface area contributed by atoms with E-state index in [-0.39, 0.29) is 50.1 Å². The van der Waals surface area contributed by atoms with Gasteiger partial charge in [0.15, 0.2) is 12.6 Å². The fraction of sp³-hybridized carbons (Fsp3) is 0.923. The highest BCUT2D eigenvalue weighted by Crippen LogP contribution is 2.36. The highest BCUT2D eigenvalue weighted by atomic mass is 19.1. The molecule has 15 nitrogen and oxygen atoms in total. The molecule has 0 spiro atoms. The number of hydrogen-bond donors (Lipinski definition) is 10. The van der Waals surface area contributed by atoms with Crippen molar-refractivity contribution in [2.45, 2.75) is 124 Å². The largest absolute Gasteiger partial charge is 0.388 e. The summed E-state index contributed by atoms with van der Waals surface area (Å²) in [4.78, 5) is 3.97. The molecule has 16 heteroatoms. The number of halogens is 1. The van der Waals surface area contributed by atoms with Crippen LogP contribution in [0.2, 0.25) is 0 Å². The number of aliphatic hydroxyl groups is 4. The molecule has 42 heavy (non-hydrogen) atoms.